The van der Waals surface area contributed by atoms with Gasteiger partial charge in [-0.3, -0.25) is 0 Å². The van der Waals surface area contributed by atoms with E-state index in [4.69, 9.17) is 10.8 Å². The monoisotopic (exact) mass is 270 g/mol. The summed E-state index contributed by atoms with van der Waals surface area (Å²) in [5.74, 6) is -0.192. The molecule has 0 saturated carbocycles. The number of aliphatic hydroxyl groups excluding tert-OH is 1. The van der Waals surface area contributed by atoms with Crippen molar-refractivity contribution in [2.45, 2.75) is 18.4 Å². The predicted octanol–water partition coefficient (Wildman–Crippen LogP) is -0.435. The standard InChI is InChI=1S/C12H18N2O3S/c13-12-7-9-3-1-2-4-10(9)11(12)8-18(16,17)14-5-6-15/h1-4,11-12,14-15H,5-8,13H2/t11-,12?/m1/s1. The molecule has 100 valence electrons. The lowest BCUT2D eigenvalue weighted by atomic mass is 10.0. The van der Waals surface area contributed by atoms with E-state index >= 15 is 0 Å². The summed E-state index contributed by atoms with van der Waals surface area (Å²) in [6.07, 6.45) is 0.719. The fraction of sp³-hybridized carbons (Fsp3) is 0.500. The van der Waals surface area contributed by atoms with Crippen molar-refractivity contribution < 1.29 is 13.5 Å². The van der Waals surface area contributed by atoms with E-state index in [0.29, 0.717) is 0 Å². The van der Waals surface area contributed by atoms with Gasteiger partial charge in [0.05, 0.1) is 12.4 Å². The van der Waals surface area contributed by atoms with Gasteiger partial charge in [-0.05, 0) is 17.5 Å². The summed E-state index contributed by atoms with van der Waals surface area (Å²) in [5.41, 5.74) is 8.18. The average molecular weight is 270 g/mol. The fourth-order valence-electron chi connectivity index (χ4n) is 2.42. The Morgan fingerprint density at radius 2 is 2.11 bits per heavy atom. The van der Waals surface area contributed by atoms with Gasteiger partial charge in [0.2, 0.25) is 10.0 Å². The van der Waals surface area contributed by atoms with E-state index in [-0.39, 0.29) is 30.9 Å². The first-order valence-electron chi connectivity index (χ1n) is 5.95. The summed E-state index contributed by atoms with van der Waals surface area (Å²) in [4.78, 5) is 0. The van der Waals surface area contributed by atoms with Crippen LogP contribution in [0, 0.1) is 0 Å². The molecule has 1 aromatic carbocycles. The molecule has 0 spiro atoms. The highest BCUT2D eigenvalue weighted by molar-refractivity contribution is 7.89. The molecule has 2 atom stereocenters. The molecular weight excluding hydrogens is 252 g/mol. The minimum absolute atomic E-state index is 0.0226. The van der Waals surface area contributed by atoms with E-state index < -0.39 is 10.0 Å². The van der Waals surface area contributed by atoms with Gasteiger partial charge in [0, 0.05) is 18.5 Å². The summed E-state index contributed by atoms with van der Waals surface area (Å²) < 4.78 is 26.0. The van der Waals surface area contributed by atoms with Gasteiger partial charge in [-0.25, -0.2) is 13.1 Å². The molecule has 0 saturated heterocycles. The number of fused-ring (bicyclic) bond motifs is 1. The number of benzene rings is 1. The summed E-state index contributed by atoms with van der Waals surface area (Å²) >= 11 is 0. The summed E-state index contributed by atoms with van der Waals surface area (Å²) in [5, 5.41) is 8.65. The number of rotatable bonds is 5. The molecule has 6 heteroatoms. The summed E-state index contributed by atoms with van der Waals surface area (Å²) in [7, 11) is -3.39. The average Bonchev–Trinajstić information content (AvgIpc) is 2.63. The molecule has 1 aliphatic carbocycles. The van der Waals surface area contributed by atoms with Gasteiger partial charge in [0.25, 0.3) is 0 Å². The zero-order valence-corrected chi connectivity index (χ0v) is 10.9. The van der Waals surface area contributed by atoms with Crippen LogP contribution in [-0.2, 0) is 16.4 Å². The number of sulfonamides is 1. The first kappa shape index (κ1) is 13.5. The van der Waals surface area contributed by atoms with Crippen molar-refractivity contribution in [1.82, 2.24) is 4.72 Å². The molecular formula is C12H18N2O3S. The SMILES string of the molecule is NC1Cc2ccccc2[C@H]1CS(=O)(=O)NCCO. The zero-order chi connectivity index (χ0) is 13.2. The number of aliphatic hydroxyl groups is 1. The van der Waals surface area contributed by atoms with Crippen LogP contribution in [0.1, 0.15) is 17.0 Å². The highest BCUT2D eigenvalue weighted by atomic mass is 32.2. The Bertz CT molecular complexity index is 516. The molecule has 0 aromatic heterocycles. The van der Waals surface area contributed by atoms with E-state index in [1.807, 2.05) is 24.3 Å². The van der Waals surface area contributed by atoms with Crippen LogP contribution in [0.3, 0.4) is 0 Å². The van der Waals surface area contributed by atoms with Crippen LogP contribution in [0.2, 0.25) is 0 Å². The van der Waals surface area contributed by atoms with E-state index in [2.05, 4.69) is 4.72 Å². The minimum atomic E-state index is -3.39. The molecule has 1 aliphatic rings. The second-order valence-electron chi connectivity index (χ2n) is 4.57. The Labute approximate surface area is 107 Å². The molecule has 4 N–H and O–H groups in total. The molecule has 0 fully saturated rings. The van der Waals surface area contributed by atoms with Crippen molar-refractivity contribution in [3.8, 4) is 0 Å². The third kappa shape index (κ3) is 2.89. The predicted molar refractivity (Wildman–Crippen MR) is 69.7 cm³/mol. The van der Waals surface area contributed by atoms with Crippen LogP contribution in [0.5, 0.6) is 0 Å². The zero-order valence-electron chi connectivity index (χ0n) is 10.0. The van der Waals surface area contributed by atoms with Gasteiger partial charge >= 0.3 is 0 Å². The normalized spacial score (nSPS) is 23.0. The molecule has 1 aromatic rings. The lowest BCUT2D eigenvalue weighted by Crippen LogP contribution is -2.36. The smallest absolute Gasteiger partial charge is 0.212 e. The first-order valence-corrected chi connectivity index (χ1v) is 7.60. The molecule has 0 bridgehead atoms. The van der Waals surface area contributed by atoms with Gasteiger partial charge in [0.15, 0.2) is 0 Å². The largest absolute Gasteiger partial charge is 0.395 e. The molecule has 5 nitrogen and oxygen atoms in total. The third-order valence-electron chi connectivity index (χ3n) is 3.26. The van der Waals surface area contributed by atoms with Crippen molar-refractivity contribution in [1.29, 1.82) is 0 Å². The lowest BCUT2D eigenvalue weighted by molar-refractivity contribution is 0.301. The number of nitrogens with two attached hydrogens (primary N) is 1. The van der Waals surface area contributed by atoms with E-state index in [0.717, 1.165) is 17.5 Å². The quantitative estimate of drug-likeness (QED) is 0.676. The van der Waals surface area contributed by atoms with Crippen LogP contribution in [0.4, 0.5) is 0 Å². The van der Waals surface area contributed by atoms with Crippen LogP contribution in [-0.4, -0.2) is 38.5 Å². The number of hydrogen-bond acceptors (Lipinski definition) is 4. The van der Waals surface area contributed by atoms with Gasteiger partial charge in [-0.1, -0.05) is 24.3 Å². The van der Waals surface area contributed by atoms with Crippen LogP contribution >= 0.6 is 0 Å². The van der Waals surface area contributed by atoms with Crippen molar-refractivity contribution in [3.63, 3.8) is 0 Å². The van der Waals surface area contributed by atoms with E-state index in [1.165, 1.54) is 0 Å². The summed E-state index contributed by atoms with van der Waals surface area (Å²) in [6, 6.07) is 7.61. The second kappa shape index (κ2) is 5.36. The van der Waals surface area contributed by atoms with Crippen molar-refractivity contribution in [2.75, 3.05) is 18.9 Å². The highest BCUT2D eigenvalue weighted by Gasteiger charge is 2.32. The second-order valence-corrected chi connectivity index (χ2v) is 6.42. The topological polar surface area (TPSA) is 92.4 Å². The maximum atomic E-state index is 11.8. The Hall–Kier alpha value is -0.950. The van der Waals surface area contributed by atoms with Crippen LogP contribution in [0.25, 0.3) is 0 Å². The Morgan fingerprint density at radius 3 is 2.83 bits per heavy atom. The van der Waals surface area contributed by atoms with Gasteiger partial charge < -0.3 is 10.8 Å². The minimum Gasteiger partial charge on any atom is -0.395 e. The lowest BCUT2D eigenvalue weighted by Gasteiger charge is -2.17. The fourth-order valence-corrected chi connectivity index (χ4v) is 3.84. The van der Waals surface area contributed by atoms with Gasteiger partial charge in [0.1, 0.15) is 0 Å². The van der Waals surface area contributed by atoms with E-state index in [1.54, 1.807) is 0 Å². The molecule has 1 unspecified atom stereocenters. The number of nitrogens with one attached hydrogen (secondary N) is 1. The molecule has 0 radical (unpaired) electrons. The molecule has 0 amide bonds. The van der Waals surface area contributed by atoms with Crippen molar-refractivity contribution >= 4 is 10.0 Å². The van der Waals surface area contributed by atoms with Crippen molar-refractivity contribution in [2.24, 2.45) is 5.73 Å². The van der Waals surface area contributed by atoms with E-state index in [9.17, 15) is 8.42 Å². The Balaban J connectivity index is 2.15. The molecule has 18 heavy (non-hydrogen) atoms. The van der Waals surface area contributed by atoms with Gasteiger partial charge in [-0.2, -0.15) is 0 Å². The maximum Gasteiger partial charge on any atom is 0.212 e. The number of hydrogen-bond donors (Lipinski definition) is 3. The summed E-state index contributed by atoms with van der Waals surface area (Å²) in [6.45, 7) is -0.154. The van der Waals surface area contributed by atoms with Crippen LogP contribution < -0.4 is 10.5 Å². The molecule has 0 aliphatic heterocycles. The van der Waals surface area contributed by atoms with Gasteiger partial charge in [-0.15, -0.1) is 0 Å². The Morgan fingerprint density at radius 1 is 1.39 bits per heavy atom. The van der Waals surface area contributed by atoms with Crippen LogP contribution in [0.15, 0.2) is 24.3 Å². The highest BCUT2D eigenvalue weighted by Crippen LogP contribution is 2.32. The molecule has 0 heterocycles. The molecule has 2 rings (SSSR count). The Kier molecular flexibility index (Phi) is 4.01. The maximum absolute atomic E-state index is 11.8. The third-order valence-corrected chi connectivity index (χ3v) is 4.70. The first-order chi connectivity index (χ1) is 8.53. The van der Waals surface area contributed by atoms with Crippen molar-refractivity contribution in [3.05, 3.63) is 35.4 Å².